The molecule has 0 unspecified atom stereocenters. The third kappa shape index (κ3) is 2.55. The van der Waals surface area contributed by atoms with Crippen molar-refractivity contribution in [3.63, 3.8) is 0 Å². The second-order valence-corrected chi connectivity index (χ2v) is 6.08. The van der Waals surface area contributed by atoms with E-state index < -0.39 is 0 Å². The molecule has 5 rings (SSSR count). The standard InChI is InChI=1S/C21H14N4O2/c26-21(24-17-8-3-6-14-5-1-2-7-15(14)17)16-13-23-25-18(10-11-22-20(16)25)19-9-4-12-27-19/h1-13H,(H,24,26). The van der Waals surface area contributed by atoms with Crippen LogP contribution in [0, 0.1) is 0 Å². The van der Waals surface area contributed by atoms with E-state index in [1.807, 2.05) is 48.5 Å². The Morgan fingerprint density at radius 3 is 2.78 bits per heavy atom. The van der Waals surface area contributed by atoms with Gasteiger partial charge in [-0.1, -0.05) is 36.4 Å². The van der Waals surface area contributed by atoms with Gasteiger partial charge in [0.1, 0.15) is 11.3 Å². The molecule has 0 fully saturated rings. The Labute approximate surface area is 154 Å². The smallest absolute Gasteiger partial charge is 0.261 e. The lowest BCUT2D eigenvalue weighted by atomic mass is 10.1. The van der Waals surface area contributed by atoms with Crippen LogP contribution in [0.4, 0.5) is 5.69 Å². The average Bonchev–Trinajstić information content (AvgIpc) is 3.38. The Kier molecular flexibility index (Phi) is 3.47. The van der Waals surface area contributed by atoms with Crippen LogP contribution in [0.3, 0.4) is 0 Å². The van der Waals surface area contributed by atoms with Crippen LogP contribution in [0.25, 0.3) is 27.9 Å². The predicted molar refractivity (Wildman–Crippen MR) is 103 cm³/mol. The molecule has 3 aromatic heterocycles. The number of aromatic nitrogens is 3. The number of hydrogen-bond donors (Lipinski definition) is 1. The molecule has 1 N–H and O–H groups in total. The summed E-state index contributed by atoms with van der Waals surface area (Å²) in [6, 6.07) is 19.2. The van der Waals surface area contributed by atoms with Crippen molar-refractivity contribution < 1.29 is 9.21 Å². The van der Waals surface area contributed by atoms with Crippen molar-refractivity contribution in [2.24, 2.45) is 0 Å². The summed E-state index contributed by atoms with van der Waals surface area (Å²) in [5.41, 5.74) is 2.35. The van der Waals surface area contributed by atoms with Gasteiger partial charge in [-0.05, 0) is 29.7 Å². The van der Waals surface area contributed by atoms with Crippen LogP contribution in [0.1, 0.15) is 10.4 Å². The van der Waals surface area contributed by atoms with E-state index >= 15 is 0 Å². The molecule has 130 valence electrons. The van der Waals surface area contributed by atoms with Gasteiger partial charge in [0.15, 0.2) is 11.4 Å². The van der Waals surface area contributed by atoms with E-state index in [0.29, 0.717) is 17.0 Å². The van der Waals surface area contributed by atoms with E-state index in [9.17, 15) is 4.79 Å². The quantitative estimate of drug-likeness (QED) is 0.521. The molecule has 0 radical (unpaired) electrons. The summed E-state index contributed by atoms with van der Waals surface area (Å²) in [4.78, 5) is 17.2. The summed E-state index contributed by atoms with van der Waals surface area (Å²) in [6.45, 7) is 0. The molecule has 0 aliphatic carbocycles. The Bertz CT molecular complexity index is 1270. The molecular weight excluding hydrogens is 340 g/mol. The van der Waals surface area contributed by atoms with Crippen LogP contribution < -0.4 is 5.32 Å². The van der Waals surface area contributed by atoms with Crippen molar-refractivity contribution in [3.05, 3.63) is 84.9 Å². The SMILES string of the molecule is O=C(Nc1cccc2ccccc12)c1cnn2c(-c3ccco3)ccnc12. The van der Waals surface area contributed by atoms with Gasteiger partial charge in [-0.2, -0.15) is 5.10 Å². The first kappa shape index (κ1) is 15.3. The molecule has 27 heavy (non-hydrogen) atoms. The van der Waals surface area contributed by atoms with E-state index in [1.165, 1.54) is 6.20 Å². The monoisotopic (exact) mass is 354 g/mol. The topological polar surface area (TPSA) is 72.4 Å². The molecule has 3 heterocycles. The second-order valence-electron chi connectivity index (χ2n) is 6.08. The fraction of sp³-hybridized carbons (Fsp3) is 0. The van der Waals surface area contributed by atoms with E-state index in [1.54, 1.807) is 29.1 Å². The van der Waals surface area contributed by atoms with Gasteiger partial charge in [-0.3, -0.25) is 4.79 Å². The highest BCUT2D eigenvalue weighted by atomic mass is 16.3. The van der Waals surface area contributed by atoms with Gasteiger partial charge < -0.3 is 9.73 Å². The summed E-state index contributed by atoms with van der Waals surface area (Å²) in [7, 11) is 0. The Hall–Kier alpha value is -3.93. The van der Waals surface area contributed by atoms with Crippen LogP contribution >= 0.6 is 0 Å². The number of nitrogens with zero attached hydrogens (tertiary/aromatic N) is 3. The molecule has 6 nitrogen and oxygen atoms in total. The van der Waals surface area contributed by atoms with Gasteiger partial charge in [0.2, 0.25) is 0 Å². The van der Waals surface area contributed by atoms with Gasteiger partial charge >= 0.3 is 0 Å². The summed E-state index contributed by atoms with van der Waals surface area (Å²) >= 11 is 0. The molecule has 0 saturated heterocycles. The molecule has 0 saturated carbocycles. The van der Waals surface area contributed by atoms with Crippen LogP contribution in [0.2, 0.25) is 0 Å². The number of fused-ring (bicyclic) bond motifs is 2. The minimum absolute atomic E-state index is 0.259. The molecule has 6 heteroatoms. The largest absolute Gasteiger partial charge is 0.463 e. The highest BCUT2D eigenvalue weighted by molar-refractivity contribution is 6.11. The number of furan rings is 1. The number of carbonyl (C=O) groups excluding carboxylic acids is 1. The molecule has 0 atom stereocenters. The minimum atomic E-state index is -0.259. The maximum Gasteiger partial charge on any atom is 0.261 e. The van der Waals surface area contributed by atoms with E-state index in [2.05, 4.69) is 15.4 Å². The molecule has 0 aliphatic heterocycles. The molecule has 0 bridgehead atoms. The van der Waals surface area contributed by atoms with Crippen LogP contribution in [-0.4, -0.2) is 20.5 Å². The van der Waals surface area contributed by atoms with Gasteiger partial charge in [0.25, 0.3) is 5.91 Å². The number of benzene rings is 2. The first-order valence-electron chi connectivity index (χ1n) is 8.47. The minimum Gasteiger partial charge on any atom is -0.463 e. The second kappa shape index (κ2) is 6.10. The Morgan fingerprint density at radius 1 is 1.00 bits per heavy atom. The lowest BCUT2D eigenvalue weighted by Gasteiger charge is -2.08. The average molecular weight is 354 g/mol. The molecule has 5 aromatic rings. The number of anilines is 1. The third-order valence-corrected chi connectivity index (χ3v) is 4.46. The summed E-state index contributed by atoms with van der Waals surface area (Å²) in [5.74, 6) is 0.400. The van der Waals surface area contributed by atoms with E-state index in [-0.39, 0.29) is 5.91 Å². The fourth-order valence-corrected chi connectivity index (χ4v) is 3.19. The fourth-order valence-electron chi connectivity index (χ4n) is 3.19. The van der Waals surface area contributed by atoms with Crippen molar-refractivity contribution in [3.8, 4) is 11.5 Å². The van der Waals surface area contributed by atoms with E-state index in [4.69, 9.17) is 4.42 Å². The predicted octanol–water partition coefficient (Wildman–Crippen LogP) is 4.39. The van der Waals surface area contributed by atoms with Gasteiger partial charge in [-0.25, -0.2) is 9.50 Å². The number of amides is 1. The van der Waals surface area contributed by atoms with Crippen molar-refractivity contribution in [1.82, 2.24) is 14.6 Å². The zero-order valence-electron chi connectivity index (χ0n) is 14.2. The Morgan fingerprint density at radius 2 is 1.89 bits per heavy atom. The van der Waals surface area contributed by atoms with Crippen LogP contribution in [0.5, 0.6) is 0 Å². The van der Waals surface area contributed by atoms with Crippen LogP contribution in [0.15, 0.2) is 83.7 Å². The van der Waals surface area contributed by atoms with Crippen molar-refractivity contribution in [2.75, 3.05) is 5.32 Å². The summed E-state index contributed by atoms with van der Waals surface area (Å²) in [6.07, 6.45) is 4.76. The molecule has 0 aliphatic rings. The zero-order valence-corrected chi connectivity index (χ0v) is 14.2. The van der Waals surface area contributed by atoms with Crippen molar-refractivity contribution >= 4 is 28.0 Å². The van der Waals surface area contributed by atoms with Crippen molar-refractivity contribution in [1.29, 1.82) is 0 Å². The van der Waals surface area contributed by atoms with E-state index in [0.717, 1.165) is 22.2 Å². The van der Waals surface area contributed by atoms with Gasteiger partial charge in [0.05, 0.1) is 12.5 Å². The molecular formula is C21H14N4O2. The normalized spacial score (nSPS) is 11.1. The maximum absolute atomic E-state index is 12.9. The van der Waals surface area contributed by atoms with Gasteiger partial charge in [0, 0.05) is 17.3 Å². The maximum atomic E-state index is 12.9. The lowest BCUT2D eigenvalue weighted by Crippen LogP contribution is -2.12. The number of carbonyl (C=O) groups is 1. The van der Waals surface area contributed by atoms with Gasteiger partial charge in [-0.15, -0.1) is 0 Å². The molecule has 2 aromatic carbocycles. The highest BCUT2D eigenvalue weighted by Crippen LogP contribution is 2.25. The number of rotatable bonds is 3. The number of nitrogens with one attached hydrogen (secondary N) is 1. The highest BCUT2D eigenvalue weighted by Gasteiger charge is 2.17. The summed E-state index contributed by atoms with van der Waals surface area (Å²) < 4.78 is 7.06. The first-order chi connectivity index (χ1) is 13.3. The zero-order chi connectivity index (χ0) is 18.2. The van der Waals surface area contributed by atoms with Crippen LogP contribution in [-0.2, 0) is 0 Å². The molecule has 0 spiro atoms. The lowest BCUT2D eigenvalue weighted by molar-refractivity contribution is 0.102. The number of hydrogen-bond acceptors (Lipinski definition) is 4. The summed E-state index contributed by atoms with van der Waals surface area (Å²) in [5, 5.41) is 9.35. The third-order valence-electron chi connectivity index (χ3n) is 4.46. The Balaban J connectivity index is 1.56. The first-order valence-corrected chi connectivity index (χ1v) is 8.47. The molecule has 1 amide bonds. The van der Waals surface area contributed by atoms with Crippen molar-refractivity contribution in [2.45, 2.75) is 0 Å².